The number of hydrogen-bond donors (Lipinski definition) is 2. The highest BCUT2D eigenvalue weighted by molar-refractivity contribution is 5.93. The van der Waals surface area contributed by atoms with Crippen molar-refractivity contribution >= 4 is 23.2 Å². The molecule has 8 nitrogen and oxygen atoms in total. The first kappa shape index (κ1) is 21.7. The van der Waals surface area contributed by atoms with Crippen LogP contribution in [0.5, 0.6) is 5.75 Å². The average molecular weight is 434 g/mol. The molecule has 2 aliphatic heterocycles. The van der Waals surface area contributed by atoms with E-state index in [2.05, 4.69) is 16.3 Å². The summed E-state index contributed by atoms with van der Waals surface area (Å²) in [6, 6.07) is 16.2. The number of likely N-dealkylation sites (tertiary alicyclic amines) is 1. The molecule has 0 bridgehead atoms. The fourth-order valence-electron chi connectivity index (χ4n) is 4.31. The van der Waals surface area contributed by atoms with E-state index in [0.717, 1.165) is 18.7 Å². The Labute approximate surface area is 187 Å². The van der Waals surface area contributed by atoms with E-state index in [1.165, 1.54) is 12.1 Å². The van der Waals surface area contributed by atoms with Gasteiger partial charge in [0.2, 0.25) is 11.8 Å². The van der Waals surface area contributed by atoms with Crippen molar-refractivity contribution in [2.75, 3.05) is 56.0 Å². The van der Waals surface area contributed by atoms with Gasteiger partial charge >= 0.3 is 0 Å². The van der Waals surface area contributed by atoms with Crippen LogP contribution >= 0.6 is 0 Å². The van der Waals surface area contributed by atoms with Gasteiger partial charge in [0.25, 0.3) is 0 Å². The van der Waals surface area contributed by atoms with Crippen molar-refractivity contribution in [2.24, 2.45) is 5.92 Å². The number of anilines is 2. The summed E-state index contributed by atoms with van der Waals surface area (Å²) < 4.78 is 0. The molecule has 8 heteroatoms. The number of phenols is 1. The molecule has 0 saturated carbocycles. The normalized spacial score (nSPS) is 18.9. The minimum atomic E-state index is -0.157. The second kappa shape index (κ2) is 9.71. The number of carbonyl (C=O) groups excluding carboxylic acids is 2. The van der Waals surface area contributed by atoms with Crippen molar-refractivity contribution in [3.63, 3.8) is 0 Å². The van der Waals surface area contributed by atoms with Crippen molar-refractivity contribution in [3.05, 3.63) is 54.1 Å². The Balaban J connectivity index is 1.24. The number of piperazine rings is 1. The van der Waals surface area contributed by atoms with Gasteiger partial charge in [-0.3, -0.25) is 14.5 Å². The number of carbonyl (C=O) groups is 2. The summed E-state index contributed by atoms with van der Waals surface area (Å²) in [5, 5.41) is 21.5. The molecule has 1 atom stereocenters. The number of nitrogens with zero attached hydrogens (tertiary/aromatic N) is 4. The molecule has 2 aromatic carbocycles. The van der Waals surface area contributed by atoms with Gasteiger partial charge < -0.3 is 20.2 Å². The molecule has 2 N–H and O–H groups in total. The Hall–Kier alpha value is -3.57. The van der Waals surface area contributed by atoms with Gasteiger partial charge in [-0.15, -0.1) is 0 Å². The maximum absolute atomic E-state index is 12.8. The minimum absolute atomic E-state index is 0.0598. The zero-order valence-electron chi connectivity index (χ0n) is 17.9. The van der Waals surface area contributed by atoms with E-state index >= 15 is 0 Å². The number of nitriles is 1. The smallest absolute Gasteiger partial charge is 0.236 e. The van der Waals surface area contributed by atoms with Crippen molar-refractivity contribution in [2.45, 2.75) is 6.42 Å². The van der Waals surface area contributed by atoms with E-state index in [0.29, 0.717) is 50.5 Å². The standard InChI is InChI=1S/C24H27N5O3/c25-15-18-3-1-2-4-22(18)28-11-13-29(14-12-28)23(31)17-27-10-9-19(16-27)24(32)26-20-5-7-21(30)8-6-20/h1-8,19,30H,9-14,16-17H2,(H,26,32). The van der Waals surface area contributed by atoms with Crippen LogP contribution in [0.2, 0.25) is 0 Å². The number of aromatic hydroxyl groups is 1. The predicted molar refractivity (Wildman–Crippen MR) is 121 cm³/mol. The second-order valence-electron chi connectivity index (χ2n) is 8.25. The van der Waals surface area contributed by atoms with Crippen LogP contribution in [0.3, 0.4) is 0 Å². The Morgan fingerprint density at radius 3 is 2.47 bits per heavy atom. The average Bonchev–Trinajstić information content (AvgIpc) is 3.29. The molecule has 0 aromatic heterocycles. The van der Waals surface area contributed by atoms with E-state index in [9.17, 15) is 20.0 Å². The first-order valence-electron chi connectivity index (χ1n) is 10.9. The van der Waals surface area contributed by atoms with Crippen LogP contribution in [-0.4, -0.2) is 72.5 Å². The molecule has 4 rings (SSSR count). The van der Waals surface area contributed by atoms with Gasteiger partial charge in [0.05, 0.1) is 23.7 Å². The van der Waals surface area contributed by atoms with E-state index in [-0.39, 0.29) is 23.5 Å². The fourth-order valence-corrected chi connectivity index (χ4v) is 4.31. The highest BCUT2D eigenvalue weighted by Gasteiger charge is 2.31. The monoisotopic (exact) mass is 433 g/mol. The number of hydrogen-bond acceptors (Lipinski definition) is 6. The molecule has 2 aliphatic rings. The summed E-state index contributed by atoms with van der Waals surface area (Å²) in [6.45, 7) is 4.23. The Kier molecular flexibility index (Phi) is 6.57. The Bertz CT molecular complexity index is 1010. The lowest BCUT2D eigenvalue weighted by Gasteiger charge is -2.37. The molecule has 1 unspecified atom stereocenters. The molecular formula is C24H27N5O3. The quantitative estimate of drug-likeness (QED) is 0.699. The number of amides is 2. The van der Waals surface area contributed by atoms with Crippen molar-refractivity contribution < 1.29 is 14.7 Å². The minimum Gasteiger partial charge on any atom is -0.508 e. The Morgan fingerprint density at radius 1 is 1.03 bits per heavy atom. The highest BCUT2D eigenvalue weighted by Crippen LogP contribution is 2.22. The summed E-state index contributed by atoms with van der Waals surface area (Å²) in [7, 11) is 0. The van der Waals surface area contributed by atoms with Crippen LogP contribution in [0.4, 0.5) is 11.4 Å². The summed E-state index contributed by atoms with van der Waals surface area (Å²) in [5.41, 5.74) is 2.23. The number of nitrogens with one attached hydrogen (secondary N) is 1. The van der Waals surface area contributed by atoms with Gasteiger partial charge in [-0.25, -0.2) is 0 Å². The van der Waals surface area contributed by atoms with Gasteiger partial charge in [-0.1, -0.05) is 12.1 Å². The van der Waals surface area contributed by atoms with Crippen LogP contribution < -0.4 is 10.2 Å². The molecule has 2 saturated heterocycles. The summed E-state index contributed by atoms with van der Waals surface area (Å²) in [4.78, 5) is 31.4. The zero-order valence-corrected chi connectivity index (χ0v) is 17.9. The third-order valence-corrected chi connectivity index (χ3v) is 6.13. The predicted octanol–water partition coefficient (Wildman–Crippen LogP) is 1.87. The maximum atomic E-state index is 12.8. The van der Waals surface area contributed by atoms with Crippen LogP contribution in [0, 0.1) is 17.2 Å². The number of rotatable bonds is 5. The van der Waals surface area contributed by atoms with Gasteiger partial charge in [0.1, 0.15) is 11.8 Å². The topological polar surface area (TPSA) is 99.9 Å². The summed E-state index contributed by atoms with van der Waals surface area (Å²) in [6.07, 6.45) is 0.718. The molecule has 0 radical (unpaired) electrons. The largest absolute Gasteiger partial charge is 0.508 e. The summed E-state index contributed by atoms with van der Waals surface area (Å²) >= 11 is 0. The molecule has 2 amide bonds. The molecule has 0 spiro atoms. The molecule has 166 valence electrons. The van der Waals surface area contributed by atoms with E-state index < -0.39 is 0 Å². The third kappa shape index (κ3) is 5.01. The van der Waals surface area contributed by atoms with Crippen molar-refractivity contribution in [1.82, 2.24) is 9.80 Å². The van der Waals surface area contributed by atoms with Crippen LogP contribution in [0.25, 0.3) is 0 Å². The van der Waals surface area contributed by atoms with Gasteiger partial charge in [0, 0.05) is 38.4 Å². The lowest BCUT2D eigenvalue weighted by atomic mass is 10.1. The number of phenolic OH excluding ortho intramolecular Hbond substituents is 1. The third-order valence-electron chi connectivity index (χ3n) is 6.13. The highest BCUT2D eigenvalue weighted by atomic mass is 16.3. The van der Waals surface area contributed by atoms with Gasteiger partial charge in [0.15, 0.2) is 0 Å². The molecular weight excluding hydrogens is 406 g/mol. The number of para-hydroxylation sites is 1. The van der Waals surface area contributed by atoms with E-state index in [1.807, 2.05) is 34.1 Å². The second-order valence-corrected chi connectivity index (χ2v) is 8.25. The molecule has 2 heterocycles. The van der Waals surface area contributed by atoms with E-state index in [1.54, 1.807) is 12.1 Å². The van der Waals surface area contributed by atoms with Crippen molar-refractivity contribution in [3.8, 4) is 11.8 Å². The molecule has 2 aromatic rings. The molecule has 2 fully saturated rings. The first-order valence-corrected chi connectivity index (χ1v) is 10.9. The molecule has 32 heavy (non-hydrogen) atoms. The zero-order chi connectivity index (χ0) is 22.5. The SMILES string of the molecule is N#Cc1ccccc1N1CCN(C(=O)CN2CCC(C(=O)Nc3ccc(O)cc3)C2)CC1. The summed E-state index contributed by atoms with van der Waals surface area (Å²) in [5.74, 6) is 0.0211. The van der Waals surface area contributed by atoms with Gasteiger partial charge in [-0.05, 0) is 49.4 Å². The number of benzene rings is 2. The van der Waals surface area contributed by atoms with Crippen LogP contribution in [-0.2, 0) is 9.59 Å². The Morgan fingerprint density at radius 2 is 1.75 bits per heavy atom. The lowest BCUT2D eigenvalue weighted by Crippen LogP contribution is -2.51. The van der Waals surface area contributed by atoms with Crippen LogP contribution in [0.1, 0.15) is 12.0 Å². The lowest BCUT2D eigenvalue weighted by molar-refractivity contribution is -0.132. The fraction of sp³-hybridized carbons (Fsp3) is 0.375. The van der Waals surface area contributed by atoms with Crippen molar-refractivity contribution in [1.29, 1.82) is 5.26 Å². The maximum Gasteiger partial charge on any atom is 0.236 e. The molecule has 0 aliphatic carbocycles. The van der Waals surface area contributed by atoms with Crippen LogP contribution in [0.15, 0.2) is 48.5 Å². The van der Waals surface area contributed by atoms with E-state index in [4.69, 9.17) is 0 Å². The van der Waals surface area contributed by atoms with Gasteiger partial charge in [-0.2, -0.15) is 5.26 Å². The first-order chi connectivity index (χ1) is 15.5.